The molecule has 0 aliphatic carbocycles. The van der Waals surface area contributed by atoms with Crippen LogP contribution in [-0.4, -0.2) is 59.1 Å². The molecule has 2 radical (unpaired) electrons. The van der Waals surface area contributed by atoms with E-state index in [0.29, 0.717) is 10.0 Å². The molecule has 0 saturated heterocycles. The molecular formula is C12H4BaCl8O2. The number of rotatable bonds is 0. The smallest absolute Gasteiger partial charge is 0.155 e. The summed E-state index contributed by atoms with van der Waals surface area (Å²) in [5.41, 5.74) is 0. The topological polar surface area (TPSA) is 40.5 Å². The average Bonchev–Trinajstić information content (AvgIpc) is 2.48. The summed E-state index contributed by atoms with van der Waals surface area (Å²) in [5, 5.41) is 18.8. The minimum atomic E-state index is -0.363. The first-order chi connectivity index (χ1) is 10.1. The third-order valence-corrected chi connectivity index (χ3v) is 5.46. The molecule has 0 amide bonds. The largest absolute Gasteiger partial charge is 0.506 e. The van der Waals surface area contributed by atoms with Crippen LogP contribution >= 0.6 is 92.8 Å². The van der Waals surface area contributed by atoms with Gasteiger partial charge in [-0.15, -0.1) is 0 Å². The molecule has 2 aromatic carbocycles. The van der Waals surface area contributed by atoms with Gasteiger partial charge in [0.2, 0.25) is 0 Å². The van der Waals surface area contributed by atoms with Gasteiger partial charge in [0, 0.05) is 54.9 Å². The summed E-state index contributed by atoms with van der Waals surface area (Å²) in [6, 6.07) is 2.69. The summed E-state index contributed by atoms with van der Waals surface area (Å²) in [6.45, 7) is 0. The first-order valence-electron chi connectivity index (χ1n) is 5.11. The molecule has 122 valence electrons. The van der Waals surface area contributed by atoms with Crippen molar-refractivity contribution in [2.75, 3.05) is 0 Å². The van der Waals surface area contributed by atoms with Crippen LogP contribution in [0.4, 0.5) is 0 Å². The fourth-order valence-corrected chi connectivity index (χ4v) is 2.77. The number of hydrogen-bond acceptors (Lipinski definition) is 2. The van der Waals surface area contributed by atoms with Gasteiger partial charge in [-0.2, -0.15) is 0 Å². The number of halogens is 8. The standard InChI is InChI=1S/C6HCl5O.C6H3Cl3O.Ba/c7-1-2(8)4(10)6(12)5(11)3(1)9;7-3-1-5(9)6(10)2-4(3)8;/h12H;1-2,10H;. The quantitative estimate of drug-likeness (QED) is 0.185. The molecule has 0 fully saturated rings. The Balaban J connectivity index is 0.000000409. The molecule has 0 spiro atoms. The molecule has 0 bridgehead atoms. The van der Waals surface area contributed by atoms with Crippen molar-refractivity contribution < 1.29 is 10.2 Å². The van der Waals surface area contributed by atoms with Crippen LogP contribution in [-0.2, 0) is 0 Å². The first kappa shape index (κ1) is 24.9. The van der Waals surface area contributed by atoms with Crippen LogP contribution in [0.1, 0.15) is 0 Å². The van der Waals surface area contributed by atoms with Crippen LogP contribution in [0, 0.1) is 0 Å². The van der Waals surface area contributed by atoms with Crippen LogP contribution in [0.3, 0.4) is 0 Å². The van der Waals surface area contributed by atoms with E-state index in [1.54, 1.807) is 0 Å². The van der Waals surface area contributed by atoms with Crippen molar-refractivity contribution in [1.82, 2.24) is 0 Å². The number of phenolic OH excluding ortho intramolecular Hbond substituents is 2. The summed E-state index contributed by atoms with van der Waals surface area (Å²) in [7, 11) is 0. The molecule has 0 heterocycles. The SMILES string of the molecule is Oc1c(Cl)c(Cl)c(Cl)c(Cl)c1Cl.Oc1cc(Cl)c(Cl)cc1Cl.[Ba]. The molecule has 0 aliphatic rings. The maximum atomic E-state index is 9.20. The first-order valence-corrected chi connectivity index (χ1v) is 8.14. The molecular weight excluding hydrogens is 597 g/mol. The minimum absolute atomic E-state index is 0. The van der Waals surface area contributed by atoms with Gasteiger partial charge in [-0.3, -0.25) is 0 Å². The van der Waals surface area contributed by atoms with Gasteiger partial charge in [-0.25, -0.2) is 0 Å². The fourth-order valence-electron chi connectivity index (χ4n) is 1.11. The molecule has 0 unspecified atom stereocenters. The van der Waals surface area contributed by atoms with Crippen molar-refractivity contribution >= 4 is 142 Å². The Morgan fingerprint density at radius 1 is 0.522 bits per heavy atom. The van der Waals surface area contributed by atoms with Crippen molar-refractivity contribution in [2.45, 2.75) is 0 Å². The van der Waals surface area contributed by atoms with Crippen LogP contribution in [0.2, 0.25) is 40.2 Å². The van der Waals surface area contributed by atoms with Gasteiger partial charge in [0.05, 0.1) is 30.1 Å². The molecule has 2 aromatic rings. The summed E-state index contributed by atoms with van der Waals surface area (Å²) in [6.07, 6.45) is 0. The monoisotopic (exact) mass is 598 g/mol. The van der Waals surface area contributed by atoms with Gasteiger partial charge in [0.1, 0.15) is 15.8 Å². The zero-order valence-corrected chi connectivity index (χ0v) is 21.3. The van der Waals surface area contributed by atoms with E-state index in [9.17, 15) is 5.11 Å². The Morgan fingerprint density at radius 3 is 1.26 bits per heavy atom. The van der Waals surface area contributed by atoms with Crippen LogP contribution in [0.25, 0.3) is 0 Å². The second kappa shape index (κ2) is 10.9. The predicted octanol–water partition coefficient (Wildman–Crippen LogP) is 7.63. The van der Waals surface area contributed by atoms with E-state index in [2.05, 4.69) is 0 Å². The van der Waals surface area contributed by atoms with E-state index in [-0.39, 0.29) is 90.5 Å². The van der Waals surface area contributed by atoms with Crippen molar-refractivity contribution in [3.8, 4) is 11.5 Å². The zero-order chi connectivity index (χ0) is 17.2. The molecule has 2 rings (SSSR count). The summed E-state index contributed by atoms with van der Waals surface area (Å²) < 4.78 is 0. The van der Waals surface area contributed by atoms with Crippen molar-refractivity contribution in [1.29, 1.82) is 0 Å². The van der Waals surface area contributed by atoms with Gasteiger partial charge >= 0.3 is 0 Å². The molecule has 0 aromatic heterocycles. The van der Waals surface area contributed by atoms with Gasteiger partial charge < -0.3 is 10.2 Å². The molecule has 2 nitrogen and oxygen atoms in total. The van der Waals surface area contributed by atoms with Crippen LogP contribution in [0.5, 0.6) is 11.5 Å². The van der Waals surface area contributed by atoms with Gasteiger partial charge in [0.15, 0.2) is 5.75 Å². The molecule has 23 heavy (non-hydrogen) atoms. The molecule has 0 atom stereocenters. The van der Waals surface area contributed by atoms with E-state index >= 15 is 0 Å². The van der Waals surface area contributed by atoms with Gasteiger partial charge in [0.25, 0.3) is 0 Å². The van der Waals surface area contributed by atoms with Crippen LogP contribution in [0.15, 0.2) is 12.1 Å². The number of phenols is 2. The maximum Gasteiger partial charge on any atom is 0.155 e. The van der Waals surface area contributed by atoms with E-state index in [4.69, 9.17) is 97.9 Å². The van der Waals surface area contributed by atoms with Crippen LogP contribution < -0.4 is 0 Å². The predicted molar refractivity (Wildman–Crippen MR) is 102 cm³/mol. The normalized spacial score (nSPS) is 9.74. The molecule has 0 aliphatic heterocycles. The zero-order valence-electron chi connectivity index (χ0n) is 10.8. The number of aromatic hydroxyl groups is 2. The van der Waals surface area contributed by atoms with E-state index < -0.39 is 0 Å². The second-order valence-corrected chi connectivity index (χ2v) is 6.75. The average molecular weight is 601 g/mol. The summed E-state index contributed by atoms with van der Waals surface area (Å²) >= 11 is 44.5. The summed E-state index contributed by atoms with van der Waals surface area (Å²) in [4.78, 5) is 0. The van der Waals surface area contributed by atoms with Gasteiger partial charge in [-0.05, 0) is 6.07 Å². The van der Waals surface area contributed by atoms with Gasteiger partial charge in [-0.1, -0.05) is 92.8 Å². The minimum Gasteiger partial charge on any atom is -0.506 e. The molecule has 2 N–H and O–H groups in total. The maximum absolute atomic E-state index is 9.20. The second-order valence-electron chi connectivity index (χ2n) is 3.64. The van der Waals surface area contributed by atoms with E-state index in [1.165, 1.54) is 12.1 Å². The Labute approximate surface area is 212 Å². The molecule has 0 saturated carbocycles. The molecule has 11 heteroatoms. The van der Waals surface area contributed by atoms with E-state index in [1.807, 2.05) is 0 Å². The van der Waals surface area contributed by atoms with Crippen molar-refractivity contribution in [3.63, 3.8) is 0 Å². The Hall–Kier alpha value is 1.93. The Morgan fingerprint density at radius 2 is 0.870 bits per heavy atom. The summed E-state index contributed by atoms with van der Waals surface area (Å²) in [5.74, 6) is -0.422. The Kier molecular flexibility index (Phi) is 11.8. The van der Waals surface area contributed by atoms with Crippen molar-refractivity contribution in [2.24, 2.45) is 0 Å². The third-order valence-electron chi connectivity index (χ3n) is 2.18. The third kappa shape index (κ3) is 6.55. The van der Waals surface area contributed by atoms with Crippen molar-refractivity contribution in [3.05, 3.63) is 52.3 Å². The Bertz CT molecular complexity index is 568. The number of benzene rings is 2. The fraction of sp³-hybridized carbons (Fsp3) is 0. The number of hydrogen-bond donors (Lipinski definition) is 2. The van der Waals surface area contributed by atoms with E-state index in [0.717, 1.165) is 0 Å².